The van der Waals surface area contributed by atoms with Crippen LogP contribution in [0.1, 0.15) is 44.3 Å². The van der Waals surface area contributed by atoms with Crippen molar-refractivity contribution in [3.63, 3.8) is 0 Å². The van der Waals surface area contributed by atoms with Crippen LogP contribution >= 0.6 is 0 Å². The van der Waals surface area contributed by atoms with Gasteiger partial charge >= 0.3 is 0 Å². The van der Waals surface area contributed by atoms with E-state index in [1.54, 1.807) is 0 Å². The maximum absolute atomic E-state index is 6.29. The van der Waals surface area contributed by atoms with Gasteiger partial charge in [-0.3, -0.25) is 0 Å². The summed E-state index contributed by atoms with van der Waals surface area (Å²) in [6, 6.07) is 0. The largest absolute Gasteiger partial charge is 0.370 e. The van der Waals surface area contributed by atoms with Gasteiger partial charge in [0.05, 0.1) is 24.8 Å². The highest BCUT2D eigenvalue weighted by atomic mass is 16.5. The van der Waals surface area contributed by atoms with Crippen LogP contribution in [-0.4, -0.2) is 21.3 Å². The van der Waals surface area contributed by atoms with E-state index < -0.39 is 0 Å². The lowest BCUT2D eigenvalue weighted by Crippen LogP contribution is -2.27. The van der Waals surface area contributed by atoms with Gasteiger partial charge in [0.25, 0.3) is 0 Å². The minimum atomic E-state index is 0.230. The molecular weight excluding hydrogens is 214 g/mol. The van der Waals surface area contributed by atoms with E-state index in [0.717, 1.165) is 12.4 Å². The number of nitrogens with zero attached hydrogens (tertiary/aromatic N) is 2. The molecule has 1 aliphatic carbocycles. The lowest BCUT2D eigenvalue weighted by molar-refractivity contribution is -0.0420. The standard InChI is InChI=1S/C13H21N3O/c14-9-12-15-7-8-16(12)10-11-3-6-13(17-11)4-1-2-5-13/h7-8,11H,1-6,9-10,14H2. The molecule has 2 heterocycles. The number of rotatable bonds is 3. The van der Waals surface area contributed by atoms with Crippen LogP contribution in [0.2, 0.25) is 0 Å². The van der Waals surface area contributed by atoms with E-state index in [1.807, 2.05) is 12.4 Å². The van der Waals surface area contributed by atoms with E-state index in [-0.39, 0.29) is 5.60 Å². The zero-order chi connectivity index (χ0) is 11.7. The van der Waals surface area contributed by atoms with Gasteiger partial charge in [-0.1, -0.05) is 12.8 Å². The van der Waals surface area contributed by atoms with Crippen molar-refractivity contribution in [3.8, 4) is 0 Å². The fourth-order valence-electron chi connectivity index (χ4n) is 3.33. The van der Waals surface area contributed by atoms with E-state index in [0.29, 0.717) is 12.6 Å². The molecule has 1 saturated heterocycles. The quantitative estimate of drug-likeness (QED) is 0.869. The van der Waals surface area contributed by atoms with Crippen LogP contribution in [0, 0.1) is 0 Å². The van der Waals surface area contributed by atoms with E-state index in [1.165, 1.54) is 38.5 Å². The SMILES string of the molecule is NCc1nccn1CC1CCC2(CCCC2)O1. The Balaban J connectivity index is 1.64. The Kier molecular flexibility index (Phi) is 2.92. The Bertz CT molecular complexity index is 382. The average Bonchev–Trinajstić information content (AvgIpc) is 3.03. The Morgan fingerprint density at radius 1 is 1.41 bits per heavy atom. The minimum Gasteiger partial charge on any atom is -0.370 e. The molecule has 1 saturated carbocycles. The van der Waals surface area contributed by atoms with Crippen molar-refractivity contribution in [2.75, 3.05) is 0 Å². The third-order valence-corrected chi connectivity index (χ3v) is 4.24. The first kappa shape index (κ1) is 11.2. The lowest BCUT2D eigenvalue weighted by atomic mass is 9.98. The first-order valence-electron chi connectivity index (χ1n) is 6.69. The van der Waals surface area contributed by atoms with Gasteiger partial charge in [-0.15, -0.1) is 0 Å². The van der Waals surface area contributed by atoms with Crippen molar-refractivity contribution >= 4 is 0 Å². The van der Waals surface area contributed by atoms with Crippen LogP contribution in [0.15, 0.2) is 12.4 Å². The number of hydrogen-bond donors (Lipinski definition) is 1. The summed E-state index contributed by atoms with van der Waals surface area (Å²) in [4.78, 5) is 4.25. The predicted molar refractivity (Wildman–Crippen MR) is 65.4 cm³/mol. The van der Waals surface area contributed by atoms with Gasteiger partial charge < -0.3 is 15.0 Å². The molecule has 1 aromatic rings. The van der Waals surface area contributed by atoms with Crippen LogP contribution in [0.25, 0.3) is 0 Å². The minimum absolute atomic E-state index is 0.230. The summed E-state index contributed by atoms with van der Waals surface area (Å²) in [5.41, 5.74) is 5.89. The van der Waals surface area contributed by atoms with E-state index in [2.05, 4.69) is 9.55 Å². The predicted octanol–water partition coefficient (Wildman–Crippen LogP) is 1.83. The summed E-state index contributed by atoms with van der Waals surface area (Å²) in [5, 5.41) is 0. The number of hydrogen-bond acceptors (Lipinski definition) is 3. The fraction of sp³-hybridized carbons (Fsp3) is 0.769. The molecule has 2 N–H and O–H groups in total. The summed E-state index contributed by atoms with van der Waals surface area (Å²) < 4.78 is 8.43. The van der Waals surface area contributed by atoms with Gasteiger partial charge in [-0.25, -0.2) is 4.98 Å². The molecule has 0 amide bonds. The molecule has 0 bridgehead atoms. The fourth-order valence-corrected chi connectivity index (χ4v) is 3.33. The van der Waals surface area contributed by atoms with Crippen LogP contribution in [0.3, 0.4) is 0 Å². The molecule has 3 rings (SSSR count). The first-order valence-corrected chi connectivity index (χ1v) is 6.69. The summed E-state index contributed by atoms with van der Waals surface area (Å²) in [5.74, 6) is 0.959. The lowest BCUT2D eigenvalue weighted by Gasteiger charge is -2.24. The molecule has 0 radical (unpaired) electrons. The monoisotopic (exact) mass is 235 g/mol. The van der Waals surface area contributed by atoms with Crippen molar-refractivity contribution in [1.29, 1.82) is 0 Å². The van der Waals surface area contributed by atoms with Gasteiger partial charge in [0, 0.05) is 12.4 Å². The molecule has 2 aliphatic rings. The molecule has 1 aromatic heterocycles. The summed E-state index contributed by atoms with van der Waals surface area (Å²) in [6.45, 7) is 1.42. The molecule has 17 heavy (non-hydrogen) atoms. The average molecular weight is 235 g/mol. The zero-order valence-electron chi connectivity index (χ0n) is 10.3. The van der Waals surface area contributed by atoms with Crippen molar-refractivity contribution in [2.45, 2.75) is 63.3 Å². The highest BCUT2D eigenvalue weighted by molar-refractivity contribution is 4.96. The maximum atomic E-state index is 6.29. The molecule has 4 heteroatoms. The molecule has 1 aliphatic heterocycles. The normalized spacial score (nSPS) is 27.0. The second-order valence-electron chi connectivity index (χ2n) is 5.37. The van der Waals surface area contributed by atoms with E-state index >= 15 is 0 Å². The van der Waals surface area contributed by atoms with Crippen LogP contribution in [0.4, 0.5) is 0 Å². The molecule has 0 aromatic carbocycles. The number of ether oxygens (including phenoxy) is 1. The Hall–Kier alpha value is -0.870. The molecule has 1 spiro atoms. The van der Waals surface area contributed by atoms with Gasteiger partial charge in [-0.05, 0) is 25.7 Å². The van der Waals surface area contributed by atoms with E-state index in [4.69, 9.17) is 10.5 Å². The third kappa shape index (κ3) is 2.11. The summed E-state index contributed by atoms with van der Waals surface area (Å²) in [6.07, 6.45) is 11.8. The van der Waals surface area contributed by atoms with Crippen LogP contribution in [-0.2, 0) is 17.8 Å². The van der Waals surface area contributed by atoms with Crippen molar-refractivity contribution < 1.29 is 4.74 Å². The maximum Gasteiger partial charge on any atom is 0.122 e. The molecule has 1 unspecified atom stereocenters. The Morgan fingerprint density at radius 3 is 3.00 bits per heavy atom. The molecule has 94 valence electrons. The number of imidazole rings is 1. The first-order chi connectivity index (χ1) is 8.31. The number of aromatic nitrogens is 2. The second kappa shape index (κ2) is 4.42. The molecule has 4 nitrogen and oxygen atoms in total. The summed E-state index contributed by atoms with van der Waals surface area (Å²) >= 11 is 0. The Morgan fingerprint density at radius 2 is 2.24 bits per heavy atom. The number of nitrogens with two attached hydrogens (primary N) is 1. The van der Waals surface area contributed by atoms with Gasteiger partial charge in [0.15, 0.2) is 0 Å². The van der Waals surface area contributed by atoms with E-state index in [9.17, 15) is 0 Å². The van der Waals surface area contributed by atoms with Crippen LogP contribution < -0.4 is 5.73 Å². The molecular formula is C13H21N3O. The zero-order valence-corrected chi connectivity index (χ0v) is 10.3. The molecule has 1 atom stereocenters. The highest BCUT2D eigenvalue weighted by Gasteiger charge is 2.42. The second-order valence-corrected chi connectivity index (χ2v) is 5.37. The van der Waals surface area contributed by atoms with Crippen molar-refractivity contribution in [1.82, 2.24) is 9.55 Å². The summed E-state index contributed by atoms with van der Waals surface area (Å²) in [7, 11) is 0. The van der Waals surface area contributed by atoms with Gasteiger partial charge in [0.1, 0.15) is 5.82 Å². The highest BCUT2D eigenvalue weighted by Crippen LogP contribution is 2.43. The van der Waals surface area contributed by atoms with Crippen LogP contribution in [0.5, 0.6) is 0 Å². The third-order valence-electron chi connectivity index (χ3n) is 4.24. The van der Waals surface area contributed by atoms with Crippen molar-refractivity contribution in [2.24, 2.45) is 5.73 Å². The topological polar surface area (TPSA) is 53.1 Å². The smallest absolute Gasteiger partial charge is 0.122 e. The Labute approximate surface area is 102 Å². The van der Waals surface area contributed by atoms with Crippen molar-refractivity contribution in [3.05, 3.63) is 18.2 Å². The van der Waals surface area contributed by atoms with Gasteiger partial charge in [0.2, 0.25) is 0 Å². The molecule has 2 fully saturated rings. The van der Waals surface area contributed by atoms with Gasteiger partial charge in [-0.2, -0.15) is 0 Å².